The molecule has 0 aliphatic heterocycles. The van der Waals surface area contributed by atoms with E-state index in [0.717, 1.165) is 64.5 Å². The third-order valence-corrected chi connectivity index (χ3v) is 6.41. The van der Waals surface area contributed by atoms with E-state index in [1.54, 1.807) is 0 Å². The highest BCUT2D eigenvalue weighted by Crippen LogP contribution is 2.10. The van der Waals surface area contributed by atoms with Crippen molar-refractivity contribution >= 4 is 11.9 Å². The Labute approximate surface area is 235 Å². The van der Waals surface area contributed by atoms with Crippen LogP contribution in [-0.2, 0) is 19.1 Å². The minimum Gasteiger partial charge on any atom is -1.00 e. The standard InChI is InChI=1S/C28H58N2O4.2ClH/c1-7-9-11-15-19-23-33-27(31)25-29(3,4)21-17-13-14-18-22-30(5,6)26-28(32)34-24-20-16-12-10-8-2;;/h7-26H2,1-6H3;2*1H/q+2;;/p-2. The maximum absolute atomic E-state index is 12.1. The zero-order valence-electron chi connectivity index (χ0n) is 24.4. The molecule has 0 saturated carbocycles. The largest absolute Gasteiger partial charge is 1.00 e. The second-order valence-corrected chi connectivity index (χ2v) is 11.3. The molecular weight excluding hydrogens is 499 g/mol. The molecule has 0 atom stereocenters. The molecule has 0 unspecified atom stereocenters. The van der Waals surface area contributed by atoms with Gasteiger partial charge in [0.15, 0.2) is 13.1 Å². The molecule has 0 aromatic heterocycles. The van der Waals surface area contributed by atoms with Gasteiger partial charge in [-0.05, 0) is 38.5 Å². The zero-order chi connectivity index (χ0) is 25.7. The van der Waals surface area contributed by atoms with Gasteiger partial charge in [-0.3, -0.25) is 0 Å². The van der Waals surface area contributed by atoms with Gasteiger partial charge >= 0.3 is 11.9 Å². The van der Waals surface area contributed by atoms with E-state index in [9.17, 15) is 9.59 Å². The molecule has 8 heteroatoms. The van der Waals surface area contributed by atoms with Gasteiger partial charge in [-0.25, -0.2) is 9.59 Å². The molecule has 36 heavy (non-hydrogen) atoms. The number of likely N-dealkylation sites (N-methyl/N-ethyl adjacent to an activating group) is 2. The Morgan fingerprint density at radius 3 is 1.14 bits per heavy atom. The number of hydrogen-bond acceptors (Lipinski definition) is 4. The van der Waals surface area contributed by atoms with Gasteiger partial charge in [0.05, 0.1) is 54.5 Å². The summed E-state index contributed by atoms with van der Waals surface area (Å²) < 4.78 is 12.2. The van der Waals surface area contributed by atoms with E-state index in [1.807, 2.05) is 0 Å². The molecule has 0 aromatic rings. The van der Waals surface area contributed by atoms with E-state index in [4.69, 9.17) is 9.47 Å². The van der Waals surface area contributed by atoms with Crippen molar-refractivity contribution in [3.8, 4) is 0 Å². The number of unbranched alkanes of at least 4 members (excludes halogenated alkanes) is 11. The number of esters is 2. The van der Waals surface area contributed by atoms with E-state index < -0.39 is 0 Å². The molecule has 218 valence electrons. The Morgan fingerprint density at radius 1 is 0.500 bits per heavy atom. The third-order valence-electron chi connectivity index (χ3n) is 6.41. The van der Waals surface area contributed by atoms with Crippen LogP contribution in [0.4, 0.5) is 0 Å². The van der Waals surface area contributed by atoms with Crippen molar-refractivity contribution in [1.82, 2.24) is 0 Å². The molecule has 0 fully saturated rings. The number of carbonyl (C=O) groups excluding carboxylic acids is 2. The minimum atomic E-state index is -0.0765. The first-order valence-corrected chi connectivity index (χ1v) is 14.1. The summed E-state index contributed by atoms with van der Waals surface area (Å²) in [7, 11) is 8.44. The molecule has 0 aliphatic rings. The average molecular weight is 558 g/mol. The highest BCUT2D eigenvalue weighted by molar-refractivity contribution is 5.70. The van der Waals surface area contributed by atoms with Crippen LogP contribution < -0.4 is 24.8 Å². The molecule has 0 amide bonds. The first kappa shape index (κ1) is 39.9. The van der Waals surface area contributed by atoms with Gasteiger partial charge in [0.25, 0.3) is 0 Å². The smallest absolute Gasteiger partial charge is 0.361 e. The molecule has 0 aromatic carbocycles. The minimum absolute atomic E-state index is 0. The lowest BCUT2D eigenvalue weighted by molar-refractivity contribution is -0.884. The van der Waals surface area contributed by atoms with E-state index in [-0.39, 0.29) is 36.8 Å². The Hall–Kier alpha value is -0.560. The second-order valence-electron chi connectivity index (χ2n) is 11.3. The van der Waals surface area contributed by atoms with Crippen LogP contribution in [0, 0.1) is 0 Å². The van der Waals surface area contributed by atoms with Crippen LogP contribution in [0.25, 0.3) is 0 Å². The molecule has 0 saturated heterocycles. The van der Waals surface area contributed by atoms with Crippen LogP contribution in [0.15, 0.2) is 0 Å². The van der Waals surface area contributed by atoms with Crippen molar-refractivity contribution in [2.24, 2.45) is 0 Å². The summed E-state index contributed by atoms with van der Waals surface area (Å²) in [4.78, 5) is 24.3. The van der Waals surface area contributed by atoms with E-state index in [0.29, 0.717) is 35.3 Å². The molecule has 0 bridgehead atoms. The molecule has 0 aliphatic carbocycles. The number of carbonyl (C=O) groups is 2. The molecule has 6 nitrogen and oxygen atoms in total. The number of quaternary nitrogens is 2. The first-order valence-electron chi connectivity index (χ1n) is 14.1. The molecule has 0 heterocycles. The first-order chi connectivity index (χ1) is 16.1. The van der Waals surface area contributed by atoms with Crippen LogP contribution in [0.2, 0.25) is 0 Å². The van der Waals surface area contributed by atoms with Crippen LogP contribution in [-0.4, -0.2) is 88.5 Å². The summed E-state index contributed by atoms with van der Waals surface area (Å²) in [6.45, 7) is 8.38. The van der Waals surface area contributed by atoms with E-state index >= 15 is 0 Å². The summed E-state index contributed by atoms with van der Waals surface area (Å²) >= 11 is 0. The predicted molar refractivity (Wildman–Crippen MR) is 142 cm³/mol. The van der Waals surface area contributed by atoms with Crippen molar-refractivity contribution in [1.29, 1.82) is 0 Å². The molecule has 0 N–H and O–H groups in total. The monoisotopic (exact) mass is 556 g/mol. The van der Waals surface area contributed by atoms with Gasteiger partial charge in [-0.15, -0.1) is 0 Å². The normalized spacial score (nSPS) is 11.4. The van der Waals surface area contributed by atoms with Gasteiger partial charge in [-0.1, -0.05) is 65.2 Å². The molecule has 0 rings (SSSR count). The highest BCUT2D eigenvalue weighted by atomic mass is 35.5. The van der Waals surface area contributed by atoms with Crippen LogP contribution in [0.3, 0.4) is 0 Å². The molecule has 0 radical (unpaired) electrons. The summed E-state index contributed by atoms with van der Waals surface area (Å²) in [5.41, 5.74) is 0. The predicted octanol–water partition coefficient (Wildman–Crippen LogP) is -0.265. The SMILES string of the molecule is CCCCCCCOC(=O)C[N+](C)(C)CCCCCC[N+](C)(C)CC(=O)OCCCCCCC.[Cl-].[Cl-]. The zero-order valence-corrected chi connectivity index (χ0v) is 25.9. The van der Waals surface area contributed by atoms with Gasteiger partial charge < -0.3 is 43.3 Å². The van der Waals surface area contributed by atoms with Crippen LogP contribution >= 0.6 is 0 Å². The fourth-order valence-electron chi connectivity index (χ4n) is 4.16. The quantitative estimate of drug-likeness (QED) is 0.0987. The van der Waals surface area contributed by atoms with Crippen molar-refractivity contribution in [3.05, 3.63) is 0 Å². The average Bonchev–Trinajstić information content (AvgIpc) is 2.74. The Kier molecular flexibility index (Phi) is 27.5. The third kappa shape index (κ3) is 26.5. The fourth-order valence-corrected chi connectivity index (χ4v) is 4.16. The topological polar surface area (TPSA) is 52.6 Å². The lowest BCUT2D eigenvalue weighted by atomic mass is 10.1. The Morgan fingerprint density at radius 2 is 0.806 bits per heavy atom. The second kappa shape index (κ2) is 24.8. The summed E-state index contributed by atoms with van der Waals surface area (Å²) in [5, 5.41) is 0. The van der Waals surface area contributed by atoms with Gasteiger partial charge in [0.2, 0.25) is 0 Å². The fraction of sp³-hybridized carbons (Fsp3) is 0.929. The molecule has 0 spiro atoms. The lowest BCUT2D eigenvalue weighted by Crippen LogP contribution is -3.00. The number of rotatable bonds is 23. The van der Waals surface area contributed by atoms with Crippen molar-refractivity contribution in [2.45, 2.75) is 104 Å². The Bertz CT molecular complexity index is 486. The highest BCUT2D eigenvalue weighted by Gasteiger charge is 2.22. The van der Waals surface area contributed by atoms with Crippen molar-refractivity contribution in [3.63, 3.8) is 0 Å². The number of ether oxygens (including phenoxy) is 2. The maximum Gasteiger partial charge on any atom is 0.361 e. The van der Waals surface area contributed by atoms with Gasteiger partial charge in [0, 0.05) is 0 Å². The number of nitrogens with zero attached hydrogens (tertiary/aromatic N) is 2. The van der Waals surface area contributed by atoms with E-state index in [1.165, 1.54) is 38.5 Å². The number of hydrogen-bond donors (Lipinski definition) is 0. The van der Waals surface area contributed by atoms with Crippen LogP contribution in [0.1, 0.15) is 104 Å². The maximum atomic E-state index is 12.1. The lowest BCUT2D eigenvalue weighted by Gasteiger charge is -2.29. The van der Waals surface area contributed by atoms with Crippen LogP contribution in [0.5, 0.6) is 0 Å². The van der Waals surface area contributed by atoms with Gasteiger partial charge in [0.1, 0.15) is 0 Å². The van der Waals surface area contributed by atoms with Crippen molar-refractivity contribution in [2.75, 3.05) is 67.6 Å². The summed E-state index contributed by atoms with van der Waals surface area (Å²) in [6.07, 6.45) is 16.2. The van der Waals surface area contributed by atoms with Crippen molar-refractivity contribution < 1.29 is 52.8 Å². The number of halogens is 2. The summed E-state index contributed by atoms with van der Waals surface area (Å²) in [6, 6.07) is 0. The Balaban J connectivity index is -0.00000544. The molecular formula is C28H58Cl2N2O4. The van der Waals surface area contributed by atoms with Gasteiger partial charge in [-0.2, -0.15) is 0 Å². The van der Waals surface area contributed by atoms with E-state index in [2.05, 4.69) is 42.0 Å². The summed E-state index contributed by atoms with van der Waals surface area (Å²) in [5.74, 6) is -0.153.